The maximum atomic E-state index is 12.7. The van der Waals surface area contributed by atoms with Crippen LogP contribution in [0.25, 0.3) is 0 Å². The number of benzene rings is 1. The third-order valence-corrected chi connectivity index (χ3v) is 6.51. The number of hydrogen-bond donors (Lipinski definition) is 1. The van der Waals surface area contributed by atoms with Gasteiger partial charge >= 0.3 is 0 Å². The highest BCUT2D eigenvalue weighted by atomic mass is 32.2. The van der Waals surface area contributed by atoms with Crippen molar-refractivity contribution in [3.05, 3.63) is 42.0 Å². The molecule has 3 rings (SSSR count). The third kappa shape index (κ3) is 4.10. The standard InChI is InChI=1S/C18H26N4O2S/c1-13(2)15-7-9-18(10-8-15)25(23,24)21-16-5-4-6-17(11-16)22-12-19-20-14(22)3/h7-10,12-13,16-17,21H,4-6,11H2,1-3H3/t16-,17+/m0/s1. The minimum atomic E-state index is -3.50. The average Bonchev–Trinajstić information content (AvgIpc) is 3.01. The Morgan fingerprint density at radius 1 is 1.20 bits per heavy atom. The zero-order chi connectivity index (χ0) is 18.0. The molecule has 0 amide bonds. The van der Waals surface area contributed by atoms with Crippen LogP contribution in [0.5, 0.6) is 0 Å². The van der Waals surface area contributed by atoms with Gasteiger partial charge in [-0.05, 0) is 56.2 Å². The van der Waals surface area contributed by atoms with Crippen LogP contribution in [0.1, 0.15) is 62.9 Å². The monoisotopic (exact) mass is 362 g/mol. The Labute approximate surface area is 149 Å². The van der Waals surface area contributed by atoms with E-state index in [1.165, 1.54) is 0 Å². The Bertz CT molecular complexity index is 812. The van der Waals surface area contributed by atoms with Crippen LogP contribution in [0.15, 0.2) is 35.5 Å². The van der Waals surface area contributed by atoms with Gasteiger partial charge in [-0.15, -0.1) is 10.2 Å². The van der Waals surface area contributed by atoms with Gasteiger partial charge in [-0.25, -0.2) is 13.1 Å². The SMILES string of the molecule is Cc1nncn1[C@@H]1CCC[C@H](NS(=O)(=O)c2ccc(C(C)C)cc2)C1. The average molecular weight is 362 g/mol. The first-order chi connectivity index (χ1) is 11.9. The van der Waals surface area contributed by atoms with Crippen LogP contribution in [0, 0.1) is 6.92 Å². The molecule has 1 fully saturated rings. The molecule has 7 heteroatoms. The minimum Gasteiger partial charge on any atom is -0.315 e. The third-order valence-electron chi connectivity index (χ3n) is 4.97. The minimum absolute atomic E-state index is 0.0599. The van der Waals surface area contributed by atoms with Crippen LogP contribution in [0.4, 0.5) is 0 Å². The van der Waals surface area contributed by atoms with Crippen molar-refractivity contribution in [2.75, 3.05) is 0 Å². The summed E-state index contributed by atoms with van der Waals surface area (Å²) in [5.74, 6) is 1.26. The largest absolute Gasteiger partial charge is 0.315 e. The van der Waals surface area contributed by atoms with Gasteiger partial charge in [-0.2, -0.15) is 0 Å². The number of hydrogen-bond acceptors (Lipinski definition) is 4. The molecule has 1 saturated carbocycles. The number of rotatable bonds is 5. The van der Waals surface area contributed by atoms with E-state index in [-0.39, 0.29) is 12.1 Å². The molecule has 1 heterocycles. The van der Waals surface area contributed by atoms with Crippen LogP contribution < -0.4 is 4.72 Å². The zero-order valence-electron chi connectivity index (χ0n) is 15.0. The van der Waals surface area contributed by atoms with E-state index < -0.39 is 10.0 Å². The molecule has 1 aromatic carbocycles. The van der Waals surface area contributed by atoms with Crippen molar-refractivity contribution >= 4 is 10.0 Å². The fourth-order valence-corrected chi connectivity index (χ4v) is 4.79. The van der Waals surface area contributed by atoms with Gasteiger partial charge in [0.25, 0.3) is 0 Å². The molecule has 0 saturated heterocycles. The lowest BCUT2D eigenvalue weighted by atomic mass is 9.91. The van der Waals surface area contributed by atoms with Crippen molar-refractivity contribution in [2.24, 2.45) is 0 Å². The number of nitrogens with one attached hydrogen (secondary N) is 1. The summed E-state index contributed by atoms with van der Waals surface area (Å²) >= 11 is 0. The molecule has 25 heavy (non-hydrogen) atoms. The summed E-state index contributed by atoms with van der Waals surface area (Å²) in [6.07, 6.45) is 5.38. The summed E-state index contributed by atoms with van der Waals surface area (Å²) in [5.41, 5.74) is 1.14. The predicted molar refractivity (Wildman–Crippen MR) is 96.9 cm³/mol. The Balaban J connectivity index is 1.71. The highest BCUT2D eigenvalue weighted by Crippen LogP contribution is 2.30. The van der Waals surface area contributed by atoms with E-state index in [4.69, 9.17) is 0 Å². The van der Waals surface area contributed by atoms with Crippen LogP contribution in [0.2, 0.25) is 0 Å². The lowest BCUT2D eigenvalue weighted by Gasteiger charge is -2.30. The topological polar surface area (TPSA) is 76.9 Å². The van der Waals surface area contributed by atoms with E-state index in [0.717, 1.165) is 37.1 Å². The van der Waals surface area contributed by atoms with Gasteiger partial charge in [-0.1, -0.05) is 26.0 Å². The number of aromatic nitrogens is 3. The van der Waals surface area contributed by atoms with Crippen LogP contribution in [0.3, 0.4) is 0 Å². The fraction of sp³-hybridized carbons (Fsp3) is 0.556. The highest BCUT2D eigenvalue weighted by molar-refractivity contribution is 7.89. The first kappa shape index (κ1) is 18.1. The highest BCUT2D eigenvalue weighted by Gasteiger charge is 2.28. The number of aryl methyl sites for hydroxylation is 1. The van der Waals surface area contributed by atoms with Crippen molar-refractivity contribution in [3.8, 4) is 0 Å². The van der Waals surface area contributed by atoms with E-state index in [9.17, 15) is 8.42 Å². The number of nitrogens with zero attached hydrogens (tertiary/aromatic N) is 3. The van der Waals surface area contributed by atoms with Crippen LogP contribution >= 0.6 is 0 Å². The van der Waals surface area contributed by atoms with Crippen molar-refractivity contribution in [2.45, 2.75) is 69.4 Å². The lowest BCUT2D eigenvalue weighted by molar-refractivity contribution is 0.302. The quantitative estimate of drug-likeness (QED) is 0.886. The van der Waals surface area contributed by atoms with Crippen LogP contribution in [-0.2, 0) is 10.0 Å². The maximum absolute atomic E-state index is 12.7. The molecule has 0 aliphatic heterocycles. The van der Waals surface area contributed by atoms with Gasteiger partial charge < -0.3 is 4.57 Å². The molecule has 136 valence electrons. The van der Waals surface area contributed by atoms with Crippen molar-refractivity contribution < 1.29 is 8.42 Å². The lowest BCUT2D eigenvalue weighted by Crippen LogP contribution is -2.38. The Kier molecular flexibility index (Phi) is 5.24. The van der Waals surface area contributed by atoms with Crippen molar-refractivity contribution in [3.63, 3.8) is 0 Å². The maximum Gasteiger partial charge on any atom is 0.240 e. The number of sulfonamides is 1. The summed E-state index contributed by atoms with van der Waals surface area (Å²) < 4.78 is 30.3. The first-order valence-corrected chi connectivity index (χ1v) is 10.3. The van der Waals surface area contributed by atoms with E-state index >= 15 is 0 Å². The van der Waals surface area contributed by atoms with Gasteiger partial charge in [-0.3, -0.25) is 0 Å². The molecule has 0 bridgehead atoms. The van der Waals surface area contributed by atoms with Crippen molar-refractivity contribution in [1.29, 1.82) is 0 Å². The fourth-order valence-electron chi connectivity index (χ4n) is 3.50. The molecule has 6 nitrogen and oxygen atoms in total. The second kappa shape index (κ2) is 7.25. The summed E-state index contributed by atoms with van der Waals surface area (Å²) in [4.78, 5) is 0.333. The van der Waals surface area contributed by atoms with E-state index in [0.29, 0.717) is 10.8 Å². The molecule has 0 radical (unpaired) electrons. The molecule has 0 spiro atoms. The summed E-state index contributed by atoms with van der Waals surface area (Å²) in [5, 5.41) is 7.98. The van der Waals surface area contributed by atoms with Gasteiger partial charge in [0.1, 0.15) is 12.2 Å². The van der Waals surface area contributed by atoms with Gasteiger partial charge in [0.05, 0.1) is 4.90 Å². The van der Waals surface area contributed by atoms with E-state index in [1.54, 1.807) is 18.5 Å². The molecule has 1 aromatic heterocycles. The predicted octanol–water partition coefficient (Wildman–Crippen LogP) is 3.17. The summed E-state index contributed by atoms with van der Waals surface area (Å²) in [6.45, 7) is 6.12. The molecule has 2 atom stereocenters. The van der Waals surface area contributed by atoms with Gasteiger partial charge in [0, 0.05) is 12.1 Å². The van der Waals surface area contributed by atoms with Crippen molar-refractivity contribution in [1.82, 2.24) is 19.5 Å². The Morgan fingerprint density at radius 3 is 2.52 bits per heavy atom. The van der Waals surface area contributed by atoms with E-state index in [1.807, 2.05) is 19.1 Å². The second-order valence-corrected chi connectivity index (χ2v) is 8.86. The molecule has 2 aromatic rings. The zero-order valence-corrected chi connectivity index (χ0v) is 15.8. The molecule has 0 unspecified atom stereocenters. The molecule has 1 N–H and O–H groups in total. The van der Waals surface area contributed by atoms with E-state index in [2.05, 4.69) is 33.3 Å². The van der Waals surface area contributed by atoms with Crippen LogP contribution in [-0.4, -0.2) is 29.2 Å². The summed E-state index contributed by atoms with van der Waals surface area (Å²) in [6, 6.07) is 7.37. The van der Waals surface area contributed by atoms with Gasteiger partial charge in [0.15, 0.2) is 0 Å². The first-order valence-electron chi connectivity index (χ1n) is 8.85. The Morgan fingerprint density at radius 2 is 1.92 bits per heavy atom. The molecule has 1 aliphatic carbocycles. The Hall–Kier alpha value is -1.73. The van der Waals surface area contributed by atoms with Gasteiger partial charge in [0.2, 0.25) is 10.0 Å². The molecule has 1 aliphatic rings. The smallest absolute Gasteiger partial charge is 0.240 e. The second-order valence-electron chi connectivity index (χ2n) is 7.15. The summed E-state index contributed by atoms with van der Waals surface area (Å²) in [7, 11) is -3.50. The normalized spacial score (nSPS) is 21.6. The molecular formula is C18H26N4O2S. The molecular weight excluding hydrogens is 336 g/mol.